The predicted molar refractivity (Wildman–Crippen MR) is 177 cm³/mol. The summed E-state index contributed by atoms with van der Waals surface area (Å²) >= 11 is 3.41. The van der Waals surface area contributed by atoms with E-state index in [-0.39, 0.29) is 47.6 Å². The lowest BCUT2D eigenvalue weighted by Gasteiger charge is -2.40. The molecule has 1 aromatic heterocycles. The Bertz CT molecular complexity index is 1840. The van der Waals surface area contributed by atoms with Gasteiger partial charge in [0.25, 0.3) is 17.4 Å². The zero-order chi connectivity index (χ0) is 33.0. The van der Waals surface area contributed by atoms with Crippen molar-refractivity contribution in [2.75, 3.05) is 38.5 Å². The van der Waals surface area contributed by atoms with Gasteiger partial charge >= 0.3 is 0 Å². The molecule has 2 N–H and O–H groups in total. The first kappa shape index (κ1) is 31.3. The summed E-state index contributed by atoms with van der Waals surface area (Å²) < 4.78 is 1.77. The highest BCUT2D eigenvalue weighted by Crippen LogP contribution is 2.34. The monoisotopic (exact) mass is 701 g/mol. The van der Waals surface area contributed by atoms with Gasteiger partial charge in [0.15, 0.2) is 0 Å². The van der Waals surface area contributed by atoms with E-state index in [4.69, 9.17) is 0 Å². The molecule has 3 aromatic rings. The van der Waals surface area contributed by atoms with Crippen molar-refractivity contribution < 1.29 is 19.2 Å². The van der Waals surface area contributed by atoms with E-state index in [1.54, 1.807) is 18.1 Å². The van der Waals surface area contributed by atoms with Crippen LogP contribution in [0.25, 0.3) is 0 Å². The number of benzene rings is 2. The Labute approximate surface area is 280 Å². The quantitative estimate of drug-likeness (QED) is 0.374. The second-order valence-corrected chi connectivity index (χ2v) is 13.9. The molecule has 4 amide bonds. The number of nitrogens with zero attached hydrogens (tertiary/aromatic N) is 5. The molecule has 12 nitrogen and oxygen atoms in total. The fourth-order valence-electron chi connectivity index (χ4n) is 7.28. The molecule has 3 saturated heterocycles. The van der Waals surface area contributed by atoms with Gasteiger partial charge in [0, 0.05) is 69.3 Å². The maximum atomic E-state index is 13.3. The molecule has 3 fully saturated rings. The highest BCUT2D eigenvalue weighted by atomic mass is 79.9. The molecule has 1 unspecified atom stereocenters. The molecule has 7 rings (SSSR count). The van der Waals surface area contributed by atoms with Crippen LogP contribution in [0.3, 0.4) is 0 Å². The summed E-state index contributed by atoms with van der Waals surface area (Å²) in [6.45, 7) is 3.26. The summed E-state index contributed by atoms with van der Waals surface area (Å²) in [6, 6.07) is 13.2. The number of aryl methyl sites for hydroxylation is 1. The van der Waals surface area contributed by atoms with Gasteiger partial charge in [-0.3, -0.25) is 29.3 Å². The number of amides is 4. The van der Waals surface area contributed by atoms with E-state index >= 15 is 0 Å². The Hall–Kier alpha value is -4.36. The zero-order valence-electron chi connectivity index (χ0n) is 26.2. The lowest BCUT2D eigenvalue weighted by molar-refractivity contribution is -0.136. The van der Waals surface area contributed by atoms with Crippen LogP contribution < -0.4 is 16.2 Å². The molecule has 47 heavy (non-hydrogen) atoms. The third-order valence-corrected chi connectivity index (χ3v) is 10.7. The van der Waals surface area contributed by atoms with Crippen LogP contribution in [0.2, 0.25) is 0 Å². The first-order chi connectivity index (χ1) is 22.5. The number of carbonyl (C=O) groups excluding carboxylic acids is 4. The van der Waals surface area contributed by atoms with E-state index in [2.05, 4.69) is 43.6 Å². The Balaban J connectivity index is 0.954. The summed E-state index contributed by atoms with van der Waals surface area (Å²) in [5, 5.41) is 9.97. The normalized spacial score (nSPS) is 23.4. The van der Waals surface area contributed by atoms with Crippen LogP contribution in [0, 0.1) is 0 Å². The number of nitrogens with one attached hydrogen (secondary N) is 2. The van der Waals surface area contributed by atoms with Gasteiger partial charge < -0.3 is 20.0 Å². The molecule has 0 bridgehead atoms. The number of rotatable bonds is 6. The minimum Gasteiger partial charge on any atom is -0.379 e. The molecule has 13 heteroatoms. The lowest BCUT2D eigenvalue weighted by Crippen LogP contribution is -2.52. The van der Waals surface area contributed by atoms with Crippen LogP contribution in [-0.4, -0.2) is 93.4 Å². The van der Waals surface area contributed by atoms with Crippen molar-refractivity contribution in [2.45, 2.75) is 49.7 Å². The van der Waals surface area contributed by atoms with Crippen LogP contribution in [0.4, 0.5) is 5.69 Å². The van der Waals surface area contributed by atoms with Gasteiger partial charge in [-0.2, -0.15) is 5.10 Å². The summed E-state index contributed by atoms with van der Waals surface area (Å²) in [6.07, 6.45) is 3.10. The average molecular weight is 703 g/mol. The topological polar surface area (TPSA) is 137 Å². The summed E-state index contributed by atoms with van der Waals surface area (Å²) in [7, 11) is 3.71. The number of anilines is 1. The minimum atomic E-state index is -0.637. The van der Waals surface area contributed by atoms with Gasteiger partial charge in [0.05, 0.1) is 11.9 Å². The van der Waals surface area contributed by atoms with E-state index in [1.807, 2.05) is 47.4 Å². The molecular formula is C34H36BrN7O5. The van der Waals surface area contributed by atoms with E-state index in [1.165, 1.54) is 10.2 Å². The number of fused-ring (bicyclic) bond motifs is 1. The molecule has 5 heterocycles. The summed E-state index contributed by atoms with van der Waals surface area (Å²) in [4.78, 5) is 68.3. The van der Waals surface area contributed by atoms with Gasteiger partial charge in [0.2, 0.25) is 11.8 Å². The SMILES string of the molecule is CN1C[C@@H](Nc2cnn(C)c(=O)c2Br)C[C@@H](c2ccc(C(=O)N3CC(c4ccc5c(c4)CN(C4CCC(=O)NC4=O)C5=O)C3)cc2)C1. The number of likely N-dealkylation sites (tertiary alicyclic amines) is 2. The van der Waals surface area contributed by atoms with Crippen LogP contribution in [-0.2, 0) is 23.2 Å². The summed E-state index contributed by atoms with van der Waals surface area (Å²) in [5.74, 6) is -0.473. The molecular weight excluding hydrogens is 666 g/mol. The van der Waals surface area contributed by atoms with Crippen molar-refractivity contribution in [1.82, 2.24) is 29.8 Å². The van der Waals surface area contributed by atoms with Crippen molar-refractivity contribution >= 4 is 45.2 Å². The van der Waals surface area contributed by atoms with Crippen molar-refractivity contribution in [3.8, 4) is 0 Å². The molecule has 0 radical (unpaired) electrons. The Morgan fingerprint density at radius 1 is 0.957 bits per heavy atom. The number of carbonyl (C=O) groups is 4. The Morgan fingerprint density at radius 3 is 2.45 bits per heavy atom. The average Bonchev–Trinajstić information content (AvgIpc) is 3.35. The zero-order valence-corrected chi connectivity index (χ0v) is 27.8. The summed E-state index contributed by atoms with van der Waals surface area (Å²) in [5.41, 5.74) is 4.86. The molecule has 0 saturated carbocycles. The van der Waals surface area contributed by atoms with E-state index in [9.17, 15) is 24.0 Å². The van der Waals surface area contributed by atoms with Gasteiger partial charge in [0.1, 0.15) is 10.5 Å². The predicted octanol–water partition coefficient (Wildman–Crippen LogP) is 2.44. The number of aromatic nitrogens is 2. The van der Waals surface area contributed by atoms with Gasteiger partial charge in [-0.25, -0.2) is 4.68 Å². The first-order valence-electron chi connectivity index (χ1n) is 15.9. The van der Waals surface area contributed by atoms with Crippen molar-refractivity contribution in [3.63, 3.8) is 0 Å². The highest BCUT2D eigenvalue weighted by Gasteiger charge is 2.40. The van der Waals surface area contributed by atoms with Crippen LogP contribution in [0.1, 0.15) is 68.5 Å². The molecule has 2 aromatic carbocycles. The smallest absolute Gasteiger partial charge is 0.282 e. The van der Waals surface area contributed by atoms with Gasteiger partial charge in [-0.15, -0.1) is 0 Å². The second kappa shape index (κ2) is 12.3. The van der Waals surface area contributed by atoms with Crippen molar-refractivity contribution in [3.05, 3.63) is 91.3 Å². The maximum absolute atomic E-state index is 13.3. The number of hydrogen-bond acceptors (Lipinski definition) is 8. The first-order valence-corrected chi connectivity index (χ1v) is 16.7. The number of imide groups is 1. The third kappa shape index (κ3) is 5.98. The highest BCUT2D eigenvalue weighted by molar-refractivity contribution is 9.10. The molecule has 4 aliphatic rings. The van der Waals surface area contributed by atoms with Crippen LogP contribution in [0.5, 0.6) is 0 Å². The largest absolute Gasteiger partial charge is 0.379 e. The molecule has 0 aliphatic carbocycles. The van der Waals surface area contributed by atoms with Crippen molar-refractivity contribution in [2.24, 2.45) is 7.05 Å². The number of hydrogen-bond donors (Lipinski definition) is 2. The van der Waals surface area contributed by atoms with Crippen molar-refractivity contribution in [1.29, 1.82) is 0 Å². The molecule has 4 aliphatic heterocycles. The Kier molecular flexibility index (Phi) is 8.21. The Morgan fingerprint density at radius 2 is 1.70 bits per heavy atom. The number of piperidine rings is 2. The van der Waals surface area contributed by atoms with Gasteiger partial charge in [-0.1, -0.05) is 24.3 Å². The maximum Gasteiger partial charge on any atom is 0.282 e. The molecule has 244 valence electrons. The number of halogens is 1. The third-order valence-electron chi connectivity index (χ3n) is 9.89. The van der Waals surface area contributed by atoms with Crippen LogP contribution >= 0.6 is 15.9 Å². The molecule has 3 atom stereocenters. The van der Waals surface area contributed by atoms with E-state index in [0.29, 0.717) is 47.3 Å². The van der Waals surface area contributed by atoms with Gasteiger partial charge in [-0.05, 0) is 76.6 Å². The second-order valence-electron chi connectivity index (χ2n) is 13.1. The lowest BCUT2D eigenvalue weighted by atomic mass is 9.87. The fourth-order valence-corrected chi connectivity index (χ4v) is 7.75. The fraction of sp³-hybridized carbons (Fsp3) is 0.412. The standard InChI is InChI=1S/C34H36BrN7O5/c1-39-14-22(12-25(18-39)37-27-13-36-40(2)34(47)30(27)35)19-3-5-20(6-4-19)32(45)41-15-24(16-41)21-7-8-26-23(11-21)17-42(33(26)46)28-9-10-29(43)38-31(28)44/h3-8,11,13,22,24-25,28,37H,9-10,12,14-18H2,1-2H3,(H,38,43,44)/t22-,25+,28?/m1/s1. The molecule has 0 spiro atoms. The van der Waals surface area contributed by atoms with Crippen LogP contribution in [0.15, 0.2) is 57.9 Å². The van der Waals surface area contributed by atoms with E-state index < -0.39 is 11.9 Å². The van der Waals surface area contributed by atoms with E-state index in [0.717, 1.165) is 30.6 Å². The minimum absolute atomic E-state index is 0.00325. The number of likely N-dealkylation sites (N-methyl/N-ethyl adjacent to an activating group) is 1.